The Labute approximate surface area is 208 Å². The molecule has 0 aliphatic heterocycles. The fraction of sp³-hybridized carbons (Fsp3) is 0.0909. The molecule has 170 valence electrons. The summed E-state index contributed by atoms with van der Waals surface area (Å²) in [5.74, 6) is 0. The SMILES string of the molecule is c1ccc(C[Si](Cc2ccccc2)(Cc2ccccc2)n2c3ccccc3c3ccccc32)cc1. The van der Waals surface area contributed by atoms with Gasteiger partial charge < -0.3 is 4.23 Å². The summed E-state index contributed by atoms with van der Waals surface area (Å²) in [5.41, 5.74) is 7.00. The van der Waals surface area contributed by atoms with Crippen LogP contribution in [0.1, 0.15) is 16.7 Å². The molecule has 0 atom stereocenters. The lowest BCUT2D eigenvalue weighted by atomic mass is 10.2. The Balaban J connectivity index is 1.67. The number of para-hydroxylation sites is 2. The van der Waals surface area contributed by atoms with Crippen molar-refractivity contribution in [1.29, 1.82) is 0 Å². The molecule has 0 N–H and O–H groups in total. The third-order valence-electron chi connectivity index (χ3n) is 7.18. The normalized spacial score (nSPS) is 11.8. The van der Waals surface area contributed by atoms with Gasteiger partial charge in [0.25, 0.3) is 0 Å². The van der Waals surface area contributed by atoms with Crippen LogP contribution in [0.5, 0.6) is 0 Å². The van der Waals surface area contributed by atoms with E-state index in [9.17, 15) is 0 Å². The molecule has 0 radical (unpaired) electrons. The molecule has 0 saturated heterocycles. The van der Waals surface area contributed by atoms with Crippen LogP contribution >= 0.6 is 0 Å². The van der Waals surface area contributed by atoms with Crippen LogP contribution in [0.2, 0.25) is 0 Å². The largest absolute Gasteiger partial charge is 0.367 e. The molecule has 35 heavy (non-hydrogen) atoms. The first kappa shape index (κ1) is 21.6. The Morgan fingerprint density at radius 1 is 0.371 bits per heavy atom. The highest BCUT2D eigenvalue weighted by Gasteiger charge is 2.38. The topological polar surface area (TPSA) is 4.93 Å². The third kappa shape index (κ3) is 4.22. The van der Waals surface area contributed by atoms with E-state index in [-0.39, 0.29) is 0 Å². The second-order valence-corrected chi connectivity index (χ2v) is 13.5. The molecule has 0 unspecified atom stereocenters. The second-order valence-electron chi connectivity index (χ2n) is 9.58. The molecule has 1 nitrogen and oxygen atoms in total. The molecule has 0 aliphatic rings. The van der Waals surface area contributed by atoms with Crippen LogP contribution < -0.4 is 0 Å². The van der Waals surface area contributed by atoms with Gasteiger partial charge in [-0.25, -0.2) is 0 Å². The van der Waals surface area contributed by atoms with Crippen LogP contribution in [-0.4, -0.2) is 12.5 Å². The Bertz CT molecular complexity index is 1400. The molecule has 2 heteroatoms. The highest BCUT2D eigenvalue weighted by molar-refractivity contribution is 6.78. The van der Waals surface area contributed by atoms with Crippen molar-refractivity contribution in [1.82, 2.24) is 4.23 Å². The van der Waals surface area contributed by atoms with Crippen LogP contribution in [0.15, 0.2) is 140 Å². The number of nitrogens with zero attached hydrogens (tertiary/aromatic N) is 1. The average Bonchev–Trinajstić information content (AvgIpc) is 3.25. The number of rotatable bonds is 7. The lowest BCUT2D eigenvalue weighted by Gasteiger charge is -2.36. The summed E-state index contributed by atoms with van der Waals surface area (Å²) in [6, 6.07) is 54.6. The average molecular weight is 468 g/mol. The van der Waals surface area contributed by atoms with E-state index in [2.05, 4.69) is 144 Å². The molecule has 0 spiro atoms. The van der Waals surface area contributed by atoms with Gasteiger partial charge in [-0.3, -0.25) is 0 Å². The molecule has 0 fully saturated rings. The molecule has 0 saturated carbocycles. The molecule has 5 aromatic carbocycles. The van der Waals surface area contributed by atoms with Crippen LogP contribution in [0.4, 0.5) is 0 Å². The van der Waals surface area contributed by atoms with Crippen molar-refractivity contribution in [2.45, 2.75) is 18.1 Å². The summed E-state index contributed by atoms with van der Waals surface area (Å²) in [5, 5.41) is 2.71. The van der Waals surface area contributed by atoms with Gasteiger partial charge >= 0.3 is 0 Å². The van der Waals surface area contributed by atoms with Gasteiger partial charge in [-0.15, -0.1) is 0 Å². The zero-order valence-electron chi connectivity index (χ0n) is 19.8. The van der Waals surface area contributed by atoms with Gasteiger partial charge in [-0.2, -0.15) is 0 Å². The zero-order chi connectivity index (χ0) is 23.5. The van der Waals surface area contributed by atoms with E-state index in [0.29, 0.717) is 0 Å². The maximum absolute atomic E-state index is 2.80. The molecule has 0 amide bonds. The van der Waals surface area contributed by atoms with Gasteiger partial charge in [0.15, 0.2) is 8.24 Å². The van der Waals surface area contributed by atoms with Gasteiger partial charge in [0, 0.05) is 21.8 Å². The van der Waals surface area contributed by atoms with Gasteiger partial charge in [-0.1, -0.05) is 127 Å². The summed E-state index contributed by atoms with van der Waals surface area (Å²) >= 11 is 0. The Morgan fingerprint density at radius 2 is 0.686 bits per heavy atom. The molecular formula is C33H29NSi. The van der Waals surface area contributed by atoms with E-state index < -0.39 is 8.24 Å². The van der Waals surface area contributed by atoms with Crippen molar-refractivity contribution in [3.05, 3.63) is 156 Å². The van der Waals surface area contributed by atoms with Crippen molar-refractivity contribution >= 4 is 30.0 Å². The van der Waals surface area contributed by atoms with Gasteiger partial charge in [0.1, 0.15) is 0 Å². The zero-order valence-corrected chi connectivity index (χ0v) is 20.8. The van der Waals surface area contributed by atoms with E-state index in [1.807, 2.05) is 0 Å². The standard InChI is InChI=1S/C33H29NSi/c1-4-14-27(15-5-1)24-35(25-28-16-6-2-7-17-28,26-29-18-8-3-9-19-29)34-32-22-12-10-20-30(32)31-21-11-13-23-33(31)34/h1-23H,24-26H2. The van der Waals surface area contributed by atoms with Gasteiger partial charge in [0.05, 0.1) is 0 Å². The van der Waals surface area contributed by atoms with Crippen molar-refractivity contribution in [3.63, 3.8) is 0 Å². The van der Waals surface area contributed by atoms with E-state index in [1.165, 1.54) is 38.5 Å². The Hall–Kier alpha value is -3.88. The molecule has 6 aromatic rings. The van der Waals surface area contributed by atoms with Gasteiger partial charge in [0.2, 0.25) is 0 Å². The summed E-state index contributed by atoms with van der Waals surface area (Å²) in [6.07, 6.45) is 0. The lowest BCUT2D eigenvalue weighted by Crippen LogP contribution is -2.51. The van der Waals surface area contributed by atoms with Crippen molar-refractivity contribution in [2.24, 2.45) is 0 Å². The van der Waals surface area contributed by atoms with Crippen LogP contribution in [-0.2, 0) is 18.1 Å². The maximum Gasteiger partial charge on any atom is 0.175 e. The third-order valence-corrected chi connectivity index (χ3v) is 11.8. The minimum absolute atomic E-state index is 1.08. The van der Waals surface area contributed by atoms with E-state index in [4.69, 9.17) is 0 Å². The van der Waals surface area contributed by atoms with Crippen LogP contribution in [0, 0.1) is 0 Å². The number of benzene rings is 5. The molecule has 1 heterocycles. The predicted octanol–water partition coefficient (Wildman–Crippen LogP) is 7.93. The monoisotopic (exact) mass is 467 g/mol. The first-order valence-electron chi connectivity index (χ1n) is 12.4. The minimum atomic E-state index is -2.25. The number of hydrogen-bond acceptors (Lipinski definition) is 0. The minimum Gasteiger partial charge on any atom is -0.367 e. The first-order chi connectivity index (χ1) is 17.3. The van der Waals surface area contributed by atoms with E-state index in [0.717, 1.165) is 18.1 Å². The molecule has 1 aromatic heterocycles. The van der Waals surface area contributed by atoms with E-state index >= 15 is 0 Å². The Kier molecular flexibility index (Phi) is 5.81. The van der Waals surface area contributed by atoms with Crippen LogP contribution in [0.25, 0.3) is 21.8 Å². The van der Waals surface area contributed by atoms with Gasteiger partial charge in [-0.05, 0) is 47.0 Å². The summed E-state index contributed by atoms with van der Waals surface area (Å²) in [7, 11) is -2.25. The molecular weight excluding hydrogens is 438 g/mol. The molecule has 0 bridgehead atoms. The number of aromatic nitrogens is 1. The number of fused-ring (bicyclic) bond motifs is 3. The summed E-state index contributed by atoms with van der Waals surface area (Å²) in [6.45, 7) is 0. The quantitative estimate of drug-likeness (QED) is 0.210. The number of hydrogen-bond donors (Lipinski definition) is 0. The predicted molar refractivity (Wildman–Crippen MR) is 151 cm³/mol. The summed E-state index contributed by atoms with van der Waals surface area (Å²) < 4.78 is 2.80. The van der Waals surface area contributed by atoms with E-state index in [1.54, 1.807) is 0 Å². The fourth-order valence-corrected chi connectivity index (χ4v) is 11.0. The fourth-order valence-electron chi connectivity index (χ4n) is 5.79. The van der Waals surface area contributed by atoms with Crippen LogP contribution in [0.3, 0.4) is 0 Å². The summed E-state index contributed by atoms with van der Waals surface area (Å²) in [4.78, 5) is 0. The van der Waals surface area contributed by atoms with Crippen molar-refractivity contribution < 1.29 is 0 Å². The van der Waals surface area contributed by atoms with Crippen molar-refractivity contribution in [2.75, 3.05) is 0 Å². The first-order valence-corrected chi connectivity index (χ1v) is 15.0. The Morgan fingerprint density at radius 3 is 1.06 bits per heavy atom. The molecule has 0 aliphatic carbocycles. The highest BCUT2D eigenvalue weighted by atomic mass is 28.3. The molecule has 6 rings (SSSR count). The van der Waals surface area contributed by atoms with Crippen molar-refractivity contribution in [3.8, 4) is 0 Å². The highest BCUT2D eigenvalue weighted by Crippen LogP contribution is 2.35. The second kappa shape index (κ2) is 9.40. The smallest absolute Gasteiger partial charge is 0.175 e. The lowest BCUT2D eigenvalue weighted by molar-refractivity contribution is 1.03. The maximum atomic E-state index is 2.80.